The molecule has 1 amide bonds. The molecule has 0 unspecified atom stereocenters. The first kappa shape index (κ1) is 11.7. The van der Waals surface area contributed by atoms with Gasteiger partial charge in [-0.2, -0.15) is 5.26 Å². The monoisotopic (exact) mass is 218 g/mol. The summed E-state index contributed by atoms with van der Waals surface area (Å²) in [7, 11) is 0. The maximum Gasteiger partial charge on any atom is 0.323 e. The van der Waals surface area contributed by atoms with Crippen LogP contribution in [0.5, 0.6) is 0 Å². The van der Waals surface area contributed by atoms with Gasteiger partial charge >= 0.3 is 5.97 Å². The summed E-state index contributed by atoms with van der Waals surface area (Å²) in [6.07, 6.45) is 0. The van der Waals surface area contributed by atoms with Crippen molar-refractivity contribution in [3.8, 4) is 6.07 Å². The molecule has 0 aromatic heterocycles. The van der Waals surface area contributed by atoms with Crippen LogP contribution in [0.3, 0.4) is 0 Å². The summed E-state index contributed by atoms with van der Waals surface area (Å²) in [5.74, 6) is -1.48. The fraction of sp³-hybridized carbons (Fsp3) is 0.182. The number of carbonyl (C=O) groups is 2. The summed E-state index contributed by atoms with van der Waals surface area (Å²) in [6.45, 7) is 0.867. The van der Waals surface area contributed by atoms with Crippen LogP contribution in [-0.4, -0.2) is 23.5 Å². The number of hydrogen-bond donors (Lipinski definition) is 1. The Morgan fingerprint density at radius 3 is 2.69 bits per heavy atom. The molecule has 5 nitrogen and oxygen atoms in total. The van der Waals surface area contributed by atoms with Gasteiger partial charge in [0.2, 0.25) is 5.91 Å². The molecule has 0 saturated carbocycles. The van der Waals surface area contributed by atoms with Gasteiger partial charge in [0.15, 0.2) is 0 Å². The molecule has 82 valence electrons. The smallest absolute Gasteiger partial charge is 0.323 e. The zero-order valence-corrected chi connectivity index (χ0v) is 8.67. The minimum atomic E-state index is -1.10. The number of carbonyl (C=O) groups excluding carboxylic acids is 1. The quantitative estimate of drug-likeness (QED) is 0.820. The summed E-state index contributed by atoms with van der Waals surface area (Å²) >= 11 is 0. The van der Waals surface area contributed by atoms with E-state index in [0.29, 0.717) is 11.3 Å². The van der Waals surface area contributed by atoms with E-state index in [1.54, 1.807) is 18.2 Å². The standard InChI is InChI=1S/C11H10N2O3/c1-8(14)13(7-11(15)16)10-4-2-3-9(5-10)6-12/h2-5H,7H2,1H3,(H,15,16). The first-order valence-corrected chi connectivity index (χ1v) is 4.54. The first-order valence-electron chi connectivity index (χ1n) is 4.54. The van der Waals surface area contributed by atoms with Crippen LogP contribution in [-0.2, 0) is 9.59 Å². The average molecular weight is 218 g/mol. The van der Waals surface area contributed by atoms with Crippen LogP contribution < -0.4 is 4.90 Å². The topological polar surface area (TPSA) is 81.4 Å². The molecule has 0 radical (unpaired) electrons. The minimum Gasteiger partial charge on any atom is -0.480 e. The van der Waals surface area contributed by atoms with Crippen molar-refractivity contribution in [2.75, 3.05) is 11.4 Å². The van der Waals surface area contributed by atoms with E-state index in [9.17, 15) is 9.59 Å². The van der Waals surface area contributed by atoms with Crippen LogP contribution >= 0.6 is 0 Å². The van der Waals surface area contributed by atoms with Crippen molar-refractivity contribution in [1.29, 1.82) is 5.26 Å². The Labute approximate surface area is 92.5 Å². The molecule has 1 aromatic carbocycles. The van der Waals surface area contributed by atoms with E-state index in [1.807, 2.05) is 6.07 Å². The molecule has 1 N–H and O–H groups in total. The van der Waals surface area contributed by atoms with Crippen LogP contribution in [0.25, 0.3) is 0 Å². The zero-order valence-electron chi connectivity index (χ0n) is 8.67. The highest BCUT2D eigenvalue weighted by atomic mass is 16.4. The number of benzene rings is 1. The largest absolute Gasteiger partial charge is 0.480 e. The van der Waals surface area contributed by atoms with E-state index in [-0.39, 0.29) is 5.91 Å². The summed E-state index contributed by atoms with van der Waals surface area (Å²) < 4.78 is 0. The fourth-order valence-electron chi connectivity index (χ4n) is 1.26. The van der Waals surface area contributed by atoms with Crippen LogP contribution in [0, 0.1) is 11.3 Å². The van der Waals surface area contributed by atoms with Gasteiger partial charge in [0.25, 0.3) is 0 Å². The molecule has 0 fully saturated rings. The van der Waals surface area contributed by atoms with E-state index in [4.69, 9.17) is 10.4 Å². The molecule has 0 atom stereocenters. The third kappa shape index (κ3) is 2.82. The van der Waals surface area contributed by atoms with Gasteiger partial charge in [0.05, 0.1) is 11.6 Å². The van der Waals surface area contributed by atoms with Gasteiger partial charge in [-0.3, -0.25) is 9.59 Å². The number of nitrogens with zero attached hydrogens (tertiary/aromatic N) is 2. The molecule has 1 rings (SSSR count). The lowest BCUT2D eigenvalue weighted by Gasteiger charge is -2.18. The Kier molecular flexibility index (Phi) is 3.62. The molecule has 0 saturated heterocycles. The molecule has 1 aromatic rings. The van der Waals surface area contributed by atoms with E-state index >= 15 is 0 Å². The molecule has 0 spiro atoms. The lowest BCUT2D eigenvalue weighted by atomic mass is 10.2. The van der Waals surface area contributed by atoms with Gasteiger partial charge < -0.3 is 10.0 Å². The molecular weight excluding hydrogens is 208 g/mol. The summed E-state index contributed by atoms with van der Waals surface area (Å²) in [5, 5.41) is 17.4. The lowest BCUT2D eigenvalue weighted by Crippen LogP contribution is -2.33. The van der Waals surface area contributed by atoms with Crippen LogP contribution in [0.15, 0.2) is 24.3 Å². The van der Waals surface area contributed by atoms with E-state index < -0.39 is 12.5 Å². The second-order valence-corrected chi connectivity index (χ2v) is 3.16. The molecule has 0 heterocycles. The Balaban J connectivity index is 3.06. The summed E-state index contributed by atoms with van der Waals surface area (Å²) in [6, 6.07) is 8.18. The van der Waals surface area contributed by atoms with E-state index in [2.05, 4.69) is 0 Å². The predicted octanol–water partition coefficient (Wildman–Crippen LogP) is 0.996. The maximum absolute atomic E-state index is 11.3. The number of carboxylic acid groups (broad SMARTS) is 1. The van der Waals surface area contributed by atoms with Gasteiger partial charge in [0.1, 0.15) is 6.54 Å². The minimum absolute atomic E-state index is 0.377. The van der Waals surface area contributed by atoms with Crippen LogP contribution in [0.4, 0.5) is 5.69 Å². The molecule has 0 bridgehead atoms. The lowest BCUT2D eigenvalue weighted by molar-refractivity contribution is -0.136. The van der Waals surface area contributed by atoms with Crippen molar-refractivity contribution in [3.63, 3.8) is 0 Å². The number of nitriles is 1. The second-order valence-electron chi connectivity index (χ2n) is 3.16. The van der Waals surface area contributed by atoms with Crippen LogP contribution in [0.1, 0.15) is 12.5 Å². The molecule has 0 aliphatic carbocycles. The number of carboxylic acids is 1. The SMILES string of the molecule is CC(=O)N(CC(=O)O)c1cccc(C#N)c1. The first-order chi connectivity index (χ1) is 7.54. The molecule has 16 heavy (non-hydrogen) atoms. The number of aliphatic carboxylic acids is 1. The van der Waals surface area contributed by atoms with Crippen molar-refractivity contribution in [3.05, 3.63) is 29.8 Å². The number of amides is 1. The van der Waals surface area contributed by atoms with Crippen molar-refractivity contribution in [2.24, 2.45) is 0 Å². The summed E-state index contributed by atoms with van der Waals surface area (Å²) in [5.41, 5.74) is 0.795. The highest BCUT2D eigenvalue weighted by molar-refractivity contribution is 5.96. The highest BCUT2D eigenvalue weighted by Gasteiger charge is 2.15. The Morgan fingerprint density at radius 1 is 1.50 bits per heavy atom. The Hall–Kier alpha value is -2.35. The number of rotatable bonds is 3. The van der Waals surface area contributed by atoms with E-state index in [0.717, 1.165) is 4.90 Å². The van der Waals surface area contributed by atoms with Gasteiger partial charge in [-0.15, -0.1) is 0 Å². The van der Waals surface area contributed by atoms with Crippen molar-refractivity contribution in [2.45, 2.75) is 6.92 Å². The normalized spacial score (nSPS) is 9.25. The van der Waals surface area contributed by atoms with E-state index in [1.165, 1.54) is 13.0 Å². The van der Waals surface area contributed by atoms with Crippen LogP contribution in [0.2, 0.25) is 0 Å². The Morgan fingerprint density at radius 2 is 2.19 bits per heavy atom. The predicted molar refractivity (Wildman–Crippen MR) is 56.8 cm³/mol. The highest BCUT2D eigenvalue weighted by Crippen LogP contribution is 2.15. The van der Waals surface area contributed by atoms with Crippen molar-refractivity contribution in [1.82, 2.24) is 0 Å². The molecular formula is C11H10N2O3. The third-order valence-electron chi connectivity index (χ3n) is 1.96. The number of hydrogen-bond acceptors (Lipinski definition) is 3. The van der Waals surface area contributed by atoms with Crippen molar-refractivity contribution >= 4 is 17.6 Å². The second kappa shape index (κ2) is 4.94. The average Bonchev–Trinajstić information content (AvgIpc) is 2.25. The molecule has 0 aliphatic rings. The van der Waals surface area contributed by atoms with Gasteiger partial charge in [-0.05, 0) is 18.2 Å². The third-order valence-corrected chi connectivity index (χ3v) is 1.96. The summed E-state index contributed by atoms with van der Waals surface area (Å²) in [4.78, 5) is 22.9. The van der Waals surface area contributed by atoms with Gasteiger partial charge in [0, 0.05) is 12.6 Å². The van der Waals surface area contributed by atoms with Gasteiger partial charge in [-0.25, -0.2) is 0 Å². The molecule has 0 aliphatic heterocycles. The van der Waals surface area contributed by atoms with Crippen molar-refractivity contribution < 1.29 is 14.7 Å². The Bertz CT molecular complexity index is 463. The van der Waals surface area contributed by atoms with Gasteiger partial charge in [-0.1, -0.05) is 6.07 Å². The fourth-order valence-corrected chi connectivity index (χ4v) is 1.26. The molecule has 5 heteroatoms. The maximum atomic E-state index is 11.3. The zero-order chi connectivity index (χ0) is 12.1. The number of anilines is 1.